The van der Waals surface area contributed by atoms with Crippen molar-refractivity contribution < 1.29 is 13.9 Å². The highest BCUT2D eigenvalue weighted by Crippen LogP contribution is 2.27. The summed E-state index contributed by atoms with van der Waals surface area (Å²) in [5.74, 6) is -0.256. The average molecular weight is 360 g/mol. The van der Waals surface area contributed by atoms with Gasteiger partial charge in [-0.1, -0.05) is 0 Å². The minimum Gasteiger partial charge on any atom is -0.481 e. The van der Waals surface area contributed by atoms with Crippen LogP contribution in [0.1, 0.15) is 12.6 Å². The second kappa shape index (κ2) is 7.02. The van der Waals surface area contributed by atoms with Crippen molar-refractivity contribution in [3.63, 3.8) is 0 Å². The largest absolute Gasteiger partial charge is 0.481 e. The van der Waals surface area contributed by atoms with E-state index in [1.54, 1.807) is 17.8 Å². The average Bonchev–Trinajstić information content (AvgIpc) is 3.17. The number of carbonyl (C=O) groups is 1. The summed E-state index contributed by atoms with van der Waals surface area (Å²) >= 11 is 1.33. The highest BCUT2D eigenvalue weighted by molar-refractivity contribution is 7.14. The molecule has 0 aliphatic rings. The summed E-state index contributed by atoms with van der Waals surface area (Å²) in [5.41, 5.74) is 2.68. The van der Waals surface area contributed by atoms with Gasteiger partial charge in [0.15, 0.2) is 11.2 Å². The highest BCUT2D eigenvalue weighted by Gasteiger charge is 2.17. The number of halogens is 1. The number of aromatic nitrogens is 3. The van der Waals surface area contributed by atoms with E-state index in [9.17, 15) is 9.18 Å². The smallest absolute Gasteiger partial charge is 0.266 e. The number of anilines is 1. The lowest BCUT2D eigenvalue weighted by atomic mass is 10.2. The highest BCUT2D eigenvalue weighted by atomic mass is 32.1. The van der Waals surface area contributed by atoms with E-state index in [1.165, 1.54) is 35.6 Å². The van der Waals surface area contributed by atoms with Gasteiger partial charge in [-0.15, -0.1) is 11.3 Å². The Morgan fingerprint density at radius 2 is 2.08 bits per heavy atom. The molecule has 1 amide bonds. The van der Waals surface area contributed by atoms with Gasteiger partial charge in [-0.2, -0.15) is 5.10 Å². The predicted octanol–water partition coefficient (Wildman–Crippen LogP) is 3.40. The molecule has 0 aliphatic carbocycles. The van der Waals surface area contributed by atoms with Crippen molar-refractivity contribution in [3.05, 3.63) is 47.4 Å². The van der Waals surface area contributed by atoms with E-state index < -0.39 is 6.10 Å². The Morgan fingerprint density at radius 1 is 1.36 bits per heavy atom. The quantitative estimate of drug-likeness (QED) is 0.757. The Labute approximate surface area is 148 Å². The lowest BCUT2D eigenvalue weighted by Crippen LogP contribution is -2.30. The molecule has 8 heteroatoms. The molecule has 1 aromatic carbocycles. The molecule has 2 aromatic heterocycles. The Hall–Kier alpha value is -2.74. The van der Waals surface area contributed by atoms with Crippen molar-refractivity contribution in [2.45, 2.75) is 20.0 Å². The molecule has 25 heavy (non-hydrogen) atoms. The van der Waals surface area contributed by atoms with Crippen LogP contribution in [0.4, 0.5) is 9.52 Å². The van der Waals surface area contributed by atoms with Crippen molar-refractivity contribution in [1.29, 1.82) is 0 Å². The summed E-state index contributed by atoms with van der Waals surface area (Å²) in [5, 5.41) is 9.27. The summed E-state index contributed by atoms with van der Waals surface area (Å²) in [6.45, 7) is 3.58. The Kier molecular flexibility index (Phi) is 4.80. The van der Waals surface area contributed by atoms with Crippen LogP contribution in [0.5, 0.6) is 5.75 Å². The zero-order chi connectivity index (χ0) is 18.0. The van der Waals surface area contributed by atoms with Gasteiger partial charge in [-0.3, -0.25) is 14.8 Å². The second-order valence-electron chi connectivity index (χ2n) is 5.51. The first-order valence-electron chi connectivity index (χ1n) is 7.61. The fourth-order valence-electron chi connectivity index (χ4n) is 2.18. The third kappa shape index (κ3) is 3.85. The van der Waals surface area contributed by atoms with E-state index in [-0.39, 0.29) is 11.7 Å². The molecule has 0 spiro atoms. The van der Waals surface area contributed by atoms with E-state index in [0.717, 1.165) is 17.0 Å². The Balaban J connectivity index is 1.65. The molecular weight excluding hydrogens is 343 g/mol. The molecule has 1 N–H and O–H groups in total. The van der Waals surface area contributed by atoms with Crippen LogP contribution in [-0.4, -0.2) is 26.8 Å². The Morgan fingerprint density at radius 3 is 2.72 bits per heavy atom. The van der Waals surface area contributed by atoms with Crippen molar-refractivity contribution in [2.24, 2.45) is 7.05 Å². The van der Waals surface area contributed by atoms with Gasteiger partial charge >= 0.3 is 0 Å². The van der Waals surface area contributed by atoms with Gasteiger partial charge in [0, 0.05) is 23.7 Å². The van der Waals surface area contributed by atoms with Crippen molar-refractivity contribution >= 4 is 22.4 Å². The summed E-state index contributed by atoms with van der Waals surface area (Å²) in [6.07, 6.45) is 1.01. The molecule has 0 fully saturated rings. The molecular formula is C17H17FN4O2S. The van der Waals surface area contributed by atoms with Crippen LogP contribution in [0.2, 0.25) is 0 Å². The third-order valence-corrected chi connectivity index (χ3v) is 4.50. The number of nitrogens with one attached hydrogen (secondary N) is 1. The molecule has 2 heterocycles. The van der Waals surface area contributed by atoms with Crippen LogP contribution in [0, 0.1) is 12.7 Å². The van der Waals surface area contributed by atoms with E-state index >= 15 is 0 Å². The number of amides is 1. The van der Waals surface area contributed by atoms with Gasteiger partial charge in [-0.25, -0.2) is 9.37 Å². The maximum Gasteiger partial charge on any atom is 0.266 e. The normalized spacial score (nSPS) is 12.0. The van der Waals surface area contributed by atoms with E-state index in [2.05, 4.69) is 15.4 Å². The molecule has 3 rings (SSSR count). The molecule has 0 radical (unpaired) electrons. The SMILES string of the molecule is Cc1c(-c2csc(NC(=O)C(C)Oc3ccc(F)cc3)n2)cnn1C. The van der Waals surface area contributed by atoms with Gasteiger partial charge in [0.05, 0.1) is 11.9 Å². The van der Waals surface area contributed by atoms with E-state index in [4.69, 9.17) is 4.74 Å². The molecule has 130 valence electrons. The van der Waals surface area contributed by atoms with Crippen LogP contribution in [0.25, 0.3) is 11.3 Å². The maximum absolute atomic E-state index is 12.9. The third-order valence-electron chi connectivity index (χ3n) is 3.74. The molecule has 1 unspecified atom stereocenters. The van der Waals surface area contributed by atoms with Gasteiger partial charge in [0.25, 0.3) is 5.91 Å². The Bertz CT molecular complexity index is 888. The molecule has 0 aliphatic heterocycles. The first-order valence-corrected chi connectivity index (χ1v) is 8.49. The first kappa shape index (κ1) is 17.1. The zero-order valence-electron chi connectivity index (χ0n) is 14.0. The summed E-state index contributed by atoms with van der Waals surface area (Å²) < 4.78 is 20.2. The summed E-state index contributed by atoms with van der Waals surface area (Å²) in [4.78, 5) is 16.7. The molecule has 0 saturated carbocycles. The standard InChI is InChI=1S/C17H17FN4O2S/c1-10-14(8-19-22(10)3)15-9-25-17(20-15)21-16(23)11(2)24-13-6-4-12(18)5-7-13/h4-9,11H,1-3H3,(H,20,21,23). The van der Waals surface area contributed by atoms with Crippen molar-refractivity contribution in [3.8, 4) is 17.0 Å². The number of hydrogen-bond acceptors (Lipinski definition) is 5. The van der Waals surface area contributed by atoms with Crippen LogP contribution in [0.15, 0.2) is 35.8 Å². The van der Waals surface area contributed by atoms with Crippen molar-refractivity contribution in [2.75, 3.05) is 5.32 Å². The number of thiazole rings is 1. The molecule has 6 nitrogen and oxygen atoms in total. The zero-order valence-corrected chi connectivity index (χ0v) is 14.8. The molecule has 1 atom stereocenters. The number of ether oxygens (including phenoxy) is 1. The van der Waals surface area contributed by atoms with Crippen LogP contribution in [0.3, 0.4) is 0 Å². The fraction of sp³-hybridized carbons (Fsp3) is 0.235. The number of nitrogens with zero attached hydrogens (tertiary/aromatic N) is 3. The van der Waals surface area contributed by atoms with Crippen LogP contribution in [-0.2, 0) is 11.8 Å². The van der Waals surface area contributed by atoms with E-state index in [1.807, 2.05) is 19.4 Å². The molecule has 3 aromatic rings. The first-order chi connectivity index (χ1) is 11.9. The second-order valence-corrected chi connectivity index (χ2v) is 6.37. The predicted molar refractivity (Wildman–Crippen MR) is 94.2 cm³/mol. The van der Waals surface area contributed by atoms with Gasteiger partial charge in [0.1, 0.15) is 11.6 Å². The van der Waals surface area contributed by atoms with Gasteiger partial charge in [-0.05, 0) is 38.1 Å². The minimum absolute atomic E-state index is 0.326. The van der Waals surface area contributed by atoms with Gasteiger partial charge in [0.2, 0.25) is 0 Å². The lowest BCUT2D eigenvalue weighted by Gasteiger charge is -2.13. The lowest BCUT2D eigenvalue weighted by molar-refractivity contribution is -0.122. The minimum atomic E-state index is -0.738. The van der Waals surface area contributed by atoms with Crippen LogP contribution < -0.4 is 10.1 Å². The molecule has 0 saturated heterocycles. The number of rotatable bonds is 5. The maximum atomic E-state index is 12.9. The summed E-state index contributed by atoms with van der Waals surface area (Å²) in [6, 6.07) is 5.52. The van der Waals surface area contributed by atoms with Gasteiger partial charge < -0.3 is 4.74 Å². The van der Waals surface area contributed by atoms with Crippen molar-refractivity contribution in [1.82, 2.24) is 14.8 Å². The molecule has 0 bridgehead atoms. The number of carbonyl (C=O) groups excluding carboxylic acids is 1. The van der Waals surface area contributed by atoms with Crippen LogP contribution >= 0.6 is 11.3 Å². The number of benzene rings is 1. The topological polar surface area (TPSA) is 69.0 Å². The monoisotopic (exact) mass is 360 g/mol. The fourth-order valence-corrected chi connectivity index (χ4v) is 2.90. The van der Waals surface area contributed by atoms with E-state index in [0.29, 0.717) is 10.9 Å². The number of hydrogen-bond donors (Lipinski definition) is 1. The number of aryl methyl sites for hydroxylation is 1. The summed E-state index contributed by atoms with van der Waals surface area (Å²) in [7, 11) is 1.86.